The molecule has 1 aromatic heterocycles. The number of ether oxygens (including phenoxy) is 1. The number of likely N-dealkylation sites (tertiary alicyclic amines) is 1. The van der Waals surface area contributed by atoms with Crippen molar-refractivity contribution in [2.24, 2.45) is 5.73 Å². The smallest absolute Gasteiger partial charge is 0.264 e. The number of amides is 3. The van der Waals surface area contributed by atoms with Crippen molar-refractivity contribution in [2.75, 3.05) is 26.8 Å². The van der Waals surface area contributed by atoms with Gasteiger partial charge in [0.25, 0.3) is 5.91 Å². The number of carbonyl (C=O) groups is 3. The predicted octanol–water partition coefficient (Wildman–Crippen LogP) is 1.21. The van der Waals surface area contributed by atoms with Gasteiger partial charge in [-0.25, -0.2) is 0 Å². The number of thiophene rings is 1. The zero-order valence-corrected chi connectivity index (χ0v) is 18.5. The maximum Gasteiger partial charge on any atom is 0.264 e. The van der Waals surface area contributed by atoms with Crippen LogP contribution < -0.4 is 11.1 Å². The van der Waals surface area contributed by atoms with Crippen molar-refractivity contribution in [3.63, 3.8) is 0 Å². The van der Waals surface area contributed by atoms with E-state index in [9.17, 15) is 14.4 Å². The van der Waals surface area contributed by atoms with E-state index in [1.165, 1.54) is 18.3 Å². The molecule has 1 aromatic rings. The van der Waals surface area contributed by atoms with Crippen LogP contribution in [0.2, 0.25) is 0 Å². The quantitative estimate of drug-likeness (QED) is 0.669. The van der Waals surface area contributed by atoms with E-state index in [4.69, 9.17) is 10.5 Å². The van der Waals surface area contributed by atoms with Crippen molar-refractivity contribution < 1.29 is 19.1 Å². The fourth-order valence-corrected chi connectivity index (χ4v) is 5.06. The molecule has 3 rings (SSSR count). The molecule has 0 bridgehead atoms. The second kappa shape index (κ2) is 10.4. The molecule has 166 valence electrons. The summed E-state index contributed by atoms with van der Waals surface area (Å²) in [5.41, 5.74) is 5.96. The van der Waals surface area contributed by atoms with Crippen LogP contribution in [0, 0.1) is 0 Å². The van der Waals surface area contributed by atoms with E-state index in [-0.39, 0.29) is 35.8 Å². The molecule has 1 aliphatic heterocycles. The Bertz CT molecular complexity index is 733. The largest absolute Gasteiger partial charge is 0.383 e. The second-order valence-corrected chi connectivity index (χ2v) is 9.11. The van der Waals surface area contributed by atoms with Gasteiger partial charge in [-0.2, -0.15) is 0 Å². The molecule has 1 aliphatic carbocycles. The average Bonchev–Trinajstić information content (AvgIpc) is 3.40. The topological polar surface area (TPSA) is 105 Å². The third kappa shape index (κ3) is 5.39. The number of hydrogen-bond donors (Lipinski definition) is 2. The van der Waals surface area contributed by atoms with Gasteiger partial charge in [-0.05, 0) is 43.6 Å². The zero-order chi connectivity index (χ0) is 21.7. The Kier molecular flexibility index (Phi) is 7.85. The molecule has 1 saturated heterocycles. The first-order chi connectivity index (χ1) is 14.4. The van der Waals surface area contributed by atoms with Gasteiger partial charge >= 0.3 is 0 Å². The van der Waals surface area contributed by atoms with E-state index in [0.717, 1.165) is 25.7 Å². The molecule has 0 spiro atoms. The first-order valence-electron chi connectivity index (χ1n) is 10.6. The Morgan fingerprint density at radius 1 is 1.30 bits per heavy atom. The Morgan fingerprint density at radius 3 is 2.63 bits per heavy atom. The summed E-state index contributed by atoms with van der Waals surface area (Å²) in [4.78, 5) is 42.4. The molecule has 2 unspecified atom stereocenters. The zero-order valence-electron chi connectivity index (χ0n) is 17.7. The van der Waals surface area contributed by atoms with Gasteiger partial charge in [0.05, 0.1) is 17.5 Å². The van der Waals surface area contributed by atoms with Gasteiger partial charge in [0, 0.05) is 39.2 Å². The highest BCUT2D eigenvalue weighted by atomic mass is 32.1. The Labute approximate surface area is 181 Å². The van der Waals surface area contributed by atoms with E-state index in [0.29, 0.717) is 31.0 Å². The van der Waals surface area contributed by atoms with Gasteiger partial charge in [-0.15, -0.1) is 11.3 Å². The molecule has 30 heavy (non-hydrogen) atoms. The molecule has 3 N–H and O–H groups in total. The summed E-state index contributed by atoms with van der Waals surface area (Å²) < 4.78 is 5.20. The van der Waals surface area contributed by atoms with Crippen molar-refractivity contribution in [1.29, 1.82) is 0 Å². The van der Waals surface area contributed by atoms with Crippen LogP contribution in [0.25, 0.3) is 0 Å². The summed E-state index contributed by atoms with van der Waals surface area (Å²) in [5, 5.41) is 4.98. The molecule has 9 heteroatoms. The van der Waals surface area contributed by atoms with Crippen LogP contribution in [0.3, 0.4) is 0 Å². The number of nitrogens with two attached hydrogens (primary N) is 1. The predicted molar refractivity (Wildman–Crippen MR) is 115 cm³/mol. The summed E-state index contributed by atoms with van der Waals surface area (Å²) in [7, 11) is 1.59. The van der Waals surface area contributed by atoms with Crippen molar-refractivity contribution >= 4 is 29.1 Å². The summed E-state index contributed by atoms with van der Waals surface area (Å²) in [6, 6.07) is 3.15. The highest BCUT2D eigenvalue weighted by molar-refractivity contribution is 7.12. The van der Waals surface area contributed by atoms with Gasteiger partial charge in [0.15, 0.2) is 0 Å². The average molecular weight is 437 g/mol. The third-order valence-corrected chi connectivity index (χ3v) is 6.93. The SMILES string of the molecule is COCCN(C(=O)c1cccs1)C1CC(C(=O)NC2CCC(N)CC2)N(C(C)=O)C1. The van der Waals surface area contributed by atoms with Gasteiger partial charge in [0.2, 0.25) is 11.8 Å². The van der Waals surface area contributed by atoms with Gasteiger partial charge in [-0.3, -0.25) is 14.4 Å². The van der Waals surface area contributed by atoms with Crippen molar-refractivity contribution in [3.8, 4) is 0 Å². The van der Waals surface area contributed by atoms with Crippen LogP contribution in [0.5, 0.6) is 0 Å². The monoisotopic (exact) mass is 436 g/mol. The fourth-order valence-electron chi connectivity index (χ4n) is 4.38. The normalized spacial score (nSPS) is 26.4. The van der Waals surface area contributed by atoms with Crippen LogP contribution in [0.15, 0.2) is 17.5 Å². The second-order valence-electron chi connectivity index (χ2n) is 8.17. The van der Waals surface area contributed by atoms with E-state index >= 15 is 0 Å². The lowest BCUT2D eigenvalue weighted by atomic mass is 9.91. The minimum Gasteiger partial charge on any atom is -0.383 e. The molecular weight excluding hydrogens is 404 g/mol. The number of hydrogen-bond acceptors (Lipinski definition) is 6. The molecule has 2 fully saturated rings. The highest BCUT2D eigenvalue weighted by Crippen LogP contribution is 2.26. The molecule has 3 amide bonds. The minimum atomic E-state index is -0.565. The van der Waals surface area contributed by atoms with Gasteiger partial charge < -0.3 is 25.6 Å². The van der Waals surface area contributed by atoms with Crippen molar-refractivity contribution in [2.45, 2.75) is 63.2 Å². The Morgan fingerprint density at radius 2 is 2.03 bits per heavy atom. The first-order valence-corrected chi connectivity index (χ1v) is 11.4. The highest BCUT2D eigenvalue weighted by Gasteiger charge is 2.42. The van der Waals surface area contributed by atoms with E-state index in [1.807, 2.05) is 11.4 Å². The number of nitrogens with one attached hydrogen (secondary N) is 1. The molecule has 2 aliphatic rings. The number of methoxy groups -OCH3 is 1. The van der Waals surface area contributed by atoms with Crippen LogP contribution >= 0.6 is 11.3 Å². The summed E-state index contributed by atoms with van der Waals surface area (Å²) in [6.45, 7) is 2.64. The molecule has 2 atom stereocenters. The lowest BCUT2D eigenvalue weighted by Crippen LogP contribution is -2.49. The maximum absolute atomic E-state index is 13.1. The van der Waals surface area contributed by atoms with Crippen LogP contribution in [0.4, 0.5) is 0 Å². The third-order valence-electron chi connectivity index (χ3n) is 6.07. The lowest BCUT2D eigenvalue weighted by Gasteiger charge is -2.29. The fraction of sp³-hybridized carbons (Fsp3) is 0.667. The summed E-state index contributed by atoms with van der Waals surface area (Å²) in [6.07, 6.45) is 3.95. The molecule has 8 nitrogen and oxygen atoms in total. The molecule has 2 heterocycles. The molecule has 0 radical (unpaired) electrons. The summed E-state index contributed by atoms with van der Waals surface area (Å²) >= 11 is 1.39. The van der Waals surface area contributed by atoms with Gasteiger partial charge in [0.1, 0.15) is 6.04 Å². The molecular formula is C21H32N4O4S. The summed E-state index contributed by atoms with van der Waals surface area (Å²) in [5.74, 6) is -0.375. The van der Waals surface area contributed by atoms with Crippen LogP contribution in [-0.4, -0.2) is 78.5 Å². The maximum atomic E-state index is 13.1. The Hall–Kier alpha value is -1.97. The standard InChI is InChI=1S/C21H32N4O4S/c1-14(26)25-13-17(24(9-10-29-2)21(28)19-4-3-11-30-19)12-18(25)20(27)23-16-7-5-15(22)6-8-16/h3-4,11,15-18H,5-10,12-13,22H2,1-2H3,(H,23,27). The van der Waals surface area contributed by atoms with Crippen molar-refractivity contribution in [1.82, 2.24) is 15.1 Å². The van der Waals surface area contributed by atoms with Crippen LogP contribution in [0.1, 0.15) is 48.7 Å². The molecule has 0 aromatic carbocycles. The van der Waals surface area contributed by atoms with Crippen molar-refractivity contribution in [3.05, 3.63) is 22.4 Å². The molecule has 1 saturated carbocycles. The lowest BCUT2D eigenvalue weighted by molar-refractivity contribution is -0.137. The number of carbonyl (C=O) groups excluding carboxylic acids is 3. The number of rotatable bonds is 7. The minimum absolute atomic E-state index is 0.0853. The first kappa shape index (κ1) is 22.7. The van der Waals surface area contributed by atoms with Crippen LogP contribution in [-0.2, 0) is 14.3 Å². The van der Waals surface area contributed by atoms with E-state index < -0.39 is 6.04 Å². The number of nitrogens with zero attached hydrogens (tertiary/aromatic N) is 2. The Balaban J connectivity index is 1.71. The van der Waals surface area contributed by atoms with Gasteiger partial charge in [-0.1, -0.05) is 6.07 Å². The van der Waals surface area contributed by atoms with E-state index in [2.05, 4.69) is 5.32 Å². The van der Waals surface area contributed by atoms with E-state index in [1.54, 1.807) is 23.0 Å².